The maximum absolute atomic E-state index is 12.1. The van der Waals surface area contributed by atoms with Crippen molar-refractivity contribution in [3.63, 3.8) is 0 Å². The summed E-state index contributed by atoms with van der Waals surface area (Å²) in [7, 11) is 0. The normalized spacial score (nSPS) is 11.9. The van der Waals surface area contributed by atoms with Gasteiger partial charge in [-0.2, -0.15) is 0 Å². The Morgan fingerprint density at radius 1 is 1.32 bits per heavy atom. The molecule has 1 unspecified atom stereocenters. The fourth-order valence-electron chi connectivity index (χ4n) is 1.62. The highest BCUT2D eigenvalue weighted by molar-refractivity contribution is 9.10. The number of halogens is 1. The van der Waals surface area contributed by atoms with Gasteiger partial charge in [-0.3, -0.25) is 9.59 Å². The summed E-state index contributed by atoms with van der Waals surface area (Å²) in [5.41, 5.74) is 11.8. The second kappa shape index (κ2) is 7.25. The second-order valence-corrected chi connectivity index (χ2v) is 5.22. The van der Waals surface area contributed by atoms with Crippen molar-refractivity contribution in [3.05, 3.63) is 34.3 Å². The van der Waals surface area contributed by atoms with Crippen LogP contribution in [0, 0.1) is 0 Å². The summed E-state index contributed by atoms with van der Waals surface area (Å²) in [4.78, 5) is 24.5. The van der Waals surface area contributed by atoms with E-state index in [0.29, 0.717) is 13.0 Å². The van der Waals surface area contributed by atoms with E-state index in [9.17, 15) is 9.59 Å². The van der Waals surface area contributed by atoms with E-state index in [1.807, 2.05) is 31.2 Å². The smallest absolute Gasteiger partial charge is 0.240 e. The molecule has 4 N–H and O–H groups in total. The Kier molecular flexibility index (Phi) is 5.98. The van der Waals surface area contributed by atoms with Crippen LogP contribution in [0.1, 0.15) is 18.9 Å². The Bertz CT molecular complexity index is 448. The van der Waals surface area contributed by atoms with Crippen LogP contribution in [0.15, 0.2) is 28.7 Å². The third-order valence-electron chi connectivity index (χ3n) is 2.70. The van der Waals surface area contributed by atoms with Crippen LogP contribution < -0.4 is 11.5 Å². The van der Waals surface area contributed by atoms with Gasteiger partial charge in [0.1, 0.15) is 0 Å². The SMILES string of the molecule is CCC(N)C(=O)N(CC(N)=O)Cc1ccc(Br)cc1. The fourth-order valence-corrected chi connectivity index (χ4v) is 1.88. The molecular formula is C13H18BrN3O2. The molecule has 1 atom stereocenters. The van der Waals surface area contributed by atoms with E-state index in [2.05, 4.69) is 15.9 Å². The molecule has 1 aromatic rings. The number of rotatable bonds is 6. The molecule has 0 saturated carbocycles. The second-order valence-electron chi connectivity index (χ2n) is 4.30. The third-order valence-corrected chi connectivity index (χ3v) is 3.23. The molecule has 0 spiro atoms. The lowest BCUT2D eigenvalue weighted by Crippen LogP contribution is -2.46. The molecule has 0 aromatic heterocycles. The maximum Gasteiger partial charge on any atom is 0.240 e. The molecule has 1 rings (SSSR count). The molecule has 6 heteroatoms. The van der Waals surface area contributed by atoms with Gasteiger partial charge in [0.25, 0.3) is 0 Å². The summed E-state index contributed by atoms with van der Waals surface area (Å²) in [5.74, 6) is -0.807. The van der Waals surface area contributed by atoms with Crippen LogP contribution in [0.25, 0.3) is 0 Å². The average molecular weight is 328 g/mol. The highest BCUT2D eigenvalue weighted by Gasteiger charge is 2.21. The Morgan fingerprint density at radius 2 is 1.89 bits per heavy atom. The van der Waals surface area contributed by atoms with Gasteiger partial charge in [0, 0.05) is 11.0 Å². The van der Waals surface area contributed by atoms with Crippen LogP contribution in [-0.4, -0.2) is 29.3 Å². The topological polar surface area (TPSA) is 89.4 Å². The number of primary amides is 1. The molecule has 1 aromatic carbocycles. The van der Waals surface area contributed by atoms with E-state index in [1.54, 1.807) is 0 Å². The average Bonchev–Trinajstić information content (AvgIpc) is 2.38. The first-order chi connectivity index (χ1) is 8.93. The largest absolute Gasteiger partial charge is 0.368 e. The zero-order valence-electron chi connectivity index (χ0n) is 10.8. The molecule has 0 aliphatic rings. The molecule has 0 bridgehead atoms. The van der Waals surface area contributed by atoms with Crippen LogP contribution in [0.4, 0.5) is 0 Å². The molecule has 104 valence electrons. The van der Waals surface area contributed by atoms with Gasteiger partial charge >= 0.3 is 0 Å². The summed E-state index contributed by atoms with van der Waals surface area (Å²) in [6.07, 6.45) is 0.522. The van der Waals surface area contributed by atoms with E-state index in [4.69, 9.17) is 11.5 Å². The van der Waals surface area contributed by atoms with Gasteiger partial charge in [-0.25, -0.2) is 0 Å². The molecule has 5 nitrogen and oxygen atoms in total. The Morgan fingerprint density at radius 3 is 2.37 bits per heavy atom. The summed E-state index contributed by atoms with van der Waals surface area (Å²) >= 11 is 3.34. The number of nitrogens with zero attached hydrogens (tertiary/aromatic N) is 1. The first-order valence-corrected chi connectivity index (χ1v) is 6.80. The predicted molar refractivity (Wildman–Crippen MR) is 77.0 cm³/mol. The van der Waals surface area contributed by atoms with Crippen LogP contribution >= 0.6 is 15.9 Å². The van der Waals surface area contributed by atoms with Crippen LogP contribution in [0.2, 0.25) is 0 Å². The van der Waals surface area contributed by atoms with Gasteiger partial charge in [-0.1, -0.05) is 35.0 Å². The summed E-state index contributed by atoms with van der Waals surface area (Å²) < 4.78 is 0.953. The van der Waals surface area contributed by atoms with Crippen molar-refractivity contribution in [3.8, 4) is 0 Å². The Labute approximate surface area is 121 Å². The summed E-state index contributed by atoms with van der Waals surface area (Å²) in [6, 6.07) is 6.91. The molecule has 2 amide bonds. The molecule has 19 heavy (non-hydrogen) atoms. The van der Waals surface area contributed by atoms with Gasteiger partial charge in [-0.05, 0) is 24.1 Å². The van der Waals surface area contributed by atoms with Gasteiger partial charge in [0.05, 0.1) is 12.6 Å². The van der Waals surface area contributed by atoms with E-state index >= 15 is 0 Å². The number of benzene rings is 1. The minimum absolute atomic E-state index is 0.122. The van der Waals surface area contributed by atoms with Gasteiger partial charge < -0.3 is 16.4 Å². The number of amides is 2. The lowest BCUT2D eigenvalue weighted by atomic mass is 10.1. The first-order valence-electron chi connectivity index (χ1n) is 6.01. The molecule has 0 fully saturated rings. The number of carbonyl (C=O) groups excluding carboxylic acids is 2. The highest BCUT2D eigenvalue weighted by Crippen LogP contribution is 2.13. The van der Waals surface area contributed by atoms with Crippen LogP contribution in [0.3, 0.4) is 0 Å². The van der Waals surface area contributed by atoms with Crippen molar-refractivity contribution in [2.24, 2.45) is 11.5 Å². The van der Waals surface area contributed by atoms with Crippen LogP contribution in [-0.2, 0) is 16.1 Å². The zero-order valence-corrected chi connectivity index (χ0v) is 12.4. The van der Waals surface area contributed by atoms with Crippen molar-refractivity contribution in [2.75, 3.05) is 6.54 Å². The lowest BCUT2D eigenvalue weighted by Gasteiger charge is -2.24. The zero-order chi connectivity index (χ0) is 14.4. The Balaban J connectivity index is 2.82. The lowest BCUT2D eigenvalue weighted by molar-refractivity contribution is -0.137. The van der Waals surface area contributed by atoms with Gasteiger partial charge in [0.2, 0.25) is 11.8 Å². The predicted octanol–water partition coefficient (Wildman–Crippen LogP) is 1.00. The van der Waals surface area contributed by atoms with Crippen LogP contribution in [0.5, 0.6) is 0 Å². The monoisotopic (exact) mass is 327 g/mol. The minimum Gasteiger partial charge on any atom is -0.368 e. The molecule has 0 heterocycles. The molecule has 0 aliphatic carbocycles. The molecule has 0 radical (unpaired) electrons. The highest BCUT2D eigenvalue weighted by atomic mass is 79.9. The van der Waals surface area contributed by atoms with Crippen molar-refractivity contribution in [1.29, 1.82) is 0 Å². The molecular weight excluding hydrogens is 310 g/mol. The summed E-state index contributed by atoms with van der Waals surface area (Å²) in [5, 5.41) is 0. The first kappa shape index (κ1) is 15.7. The Hall–Kier alpha value is -1.40. The third kappa shape index (κ3) is 5.00. The van der Waals surface area contributed by atoms with Crippen molar-refractivity contribution >= 4 is 27.7 Å². The number of hydrogen-bond donors (Lipinski definition) is 2. The van der Waals surface area contributed by atoms with E-state index < -0.39 is 11.9 Å². The van der Waals surface area contributed by atoms with E-state index in [0.717, 1.165) is 10.0 Å². The quantitative estimate of drug-likeness (QED) is 0.816. The maximum atomic E-state index is 12.1. The minimum atomic E-state index is -0.602. The van der Waals surface area contributed by atoms with Gasteiger partial charge in [0.15, 0.2) is 0 Å². The van der Waals surface area contributed by atoms with Crippen molar-refractivity contribution in [1.82, 2.24) is 4.90 Å². The molecule has 0 saturated heterocycles. The number of carbonyl (C=O) groups is 2. The molecule has 0 aliphatic heterocycles. The van der Waals surface area contributed by atoms with E-state index in [-0.39, 0.29) is 12.5 Å². The number of nitrogens with two attached hydrogens (primary N) is 2. The summed E-state index contributed by atoms with van der Waals surface area (Å²) in [6.45, 7) is 2.02. The number of hydrogen-bond acceptors (Lipinski definition) is 3. The van der Waals surface area contributed by atoms with Crippen molar-refractivity contribution in [2.45, 2.75) is 25.9 Å². The standard InChI is InChI=1S/C13H18BrN3O2/c1-2-11(15)13(19)17(8-12(16)18)7-9-3-5-10(14)6-4-9/h3-6,11H,2,7-8,15H2,1H3,(H2,16,18). The van der Waals surface area contributed by atoms with Crippen molar-refractivity contribution < 1.29 is 9.59 Å². The van der Waals surface area contributed by atoms with Gasteiger partial charge in [-0.15, -0.1) is 0 Å². The fraction of sp³-hybridized carbons (Fsp3) is 0.385. The van der Waals surface area contributed by atoms with E-state index in [1.165, 1.54) is 4.90 Å².